The third-order valence-electron chi connectivity index (χ3n) is 9.95. The summed E-state index contributed by atoms with van der Waals surface area (Å²) in [5.74, 6) is -1.57. The quantitative estimate of drug-likeness (QED) is 0.0604. The average Bonchev–Trinajstić information content (AvgIpc) is 3.88. The van der Waals surface area contributed by atoms with Gasteiger partial charge >= 0.3 is 6.09 Å². The number of alkyl carbamates (subject to hydrolysis) is 1. The lowest BCUT2D eigenvalue weighted by Crippen LogP contribution is -2.55. The number of rotatable bonds is 19. The second-order valence-electron chi connectivity index (χ2n) is 14.1. The summed E-state index contributed by atoms with van der Waals surface area (Å²) in [6, 6.07) is 30.1. The van der Waals surface area contributed by atoms with Gasteiger partial charge in [-0.15, -0.1) is 0 Å². The molecule has 5 aromatic rings. The first-order valence-corrected chi connectivity index (χ1v) is 19.7. The summed E-state index contributed by atoms with van der Waals surface area (Å²) in [6.07, 6.45) is 2.03. The van der Waals surface area contributed by atoms with Crippen molar-refractivity contribution >= 4 is 46.4 Å². The number of nitrogens with one attached hydrogen (secondary N) is 2. The molecule has 2 heterocycles. The highest BCUT2D eigenvalue weighted by Crippen LogP contribution is 2.26. The van der Waals surface area contributed by atoms with Crippen LogP contribution >= 0.6 is 11.6 Å². The number of nitrogens with two attached hydrogens (primary N) is 1. The molecule has 1 aliphatic rings. The predicted molar refractivity (Wildman–Crippen MR) is 216 cm³/mol. The van der Waals surface area contributed by atoms with E-state index in [1.807, 2.05) is 72.8 Å². The molecule has 4 N–H and O–H groups in total. The first kappa shape index (κ1) is 41.1. The highest BCUT2D eigenvalue weighted by molar-refractivity contribution is 6.30. The van der Waals surface area contributed by atoms with Crippen molar-refractivity contribution in [3.05, 3.63) is 137 Å². The van der Waals surface area contributed by atoms with E-state index in [4.69, 9.17) is 31.2 Å². The van der Waals surface area contributed by atoms with Gasteiger partial charge in [-0.25, -0.2) is 9.78 Å². The lowest BCUT2D eigenvalue weighted by atomic mass is 10.0. The Labute approximate surface area is 337 Å². The van der Waals surface area contributed by atoms with Crippen LogP contribution in [-0.2, 0) is 38.7 Å². The number of unbranched alkanes of at least 4 members (excludes halogenated alkanes) is 2. The number of oxazole rings is 1. The topological polar surface area (TPSA) is 166 Å². The summed E-state index contributed by atoms with van der Waals surface area (Å²) in [4.78, 5) is 62.0. The van der Waals surface area contributed by atoms with E-state index < -0.39 is 47.9 Å². The van der Waals surface area contributed by atoms with E-state index in [0.29, 0.717) is 41.9 Å². The number of aryl methyl sites for hydroxylation is 1. The van der Waals surface area contributed by atoms with Gasteiger partial charge in [-0.05, 0) is 73.2 Å². The molecule has 0 bridgehead atoms. The number of nitrogens with zero attached hydrogens (tertiary/aromatic N) is 2. The molecule has 0 aliphatic carbocycles. The van der Waals surface area contributed by atoms with Crippen molar-refractivity contribution in [1.82, 2.24) is 20.5 Å². The van der Waals surface area contributed by atoms with Crippen LogP contribution in [0.5, 0.6) is 0 Å². The van der Waals surface area contributed by atoms with Crippen molar-refractivity contribution in [2.75, 3.05) is 13.1 Å². The maximum atomic E-state index is 14.6. The van der Waals surface area contributed by atoms with E-state index >= 15 is 0 Å². The Morgan fingerprint density at radius 2 is 1.47 bits per heavy atom. The Bertz CT molecular complexity index is 2050. The molecular formula is C44H48ClN5O7. The van der Waals surface area contributed by atoms with Crippen molar-refractivity contribution < 1.29 is 33.1 Å². The normalized spacial score (nSPS) is 16.2. The van der Waals surface area contributed by atoms with Gasteiger partial charge in [-0.3, -0.25) is 14.4 Å². The number of hydrogen-bond donors (Lipinski definition) is 3. The summed E-state index contributed by atoms with van der Waals surface area (Å²) < 4.78 is 17.6. The molecule has 0 radical (unpaired) electrons. The van der Waals surface area contributed by atoms with Gasteiger partial charge in [0.15, 0.2) is 5.58 Å². The van der Waals surface area contributed by atoms with Crippen LogP contribution in [0.3, 0.4) is 0 Å². The molecule has 0 saturated carbocycles. The number of para-hydroxylation sites is 2. The minimum absolute atomic E-state index is 0.0163. The second kappa shape index (κ2) is 20.6. The average molecular weight is 794 g/mol. The first-order valence-electron chi connectivity index (χ1n) is 19.3. The summed E-state index contributed by atoms with van der Waals surface area (Å²) in [6.45, 7) is 0.821. The number of benzene rings is 4. The molecule has 13 heteroatoms. The number of ketones is 1. The zero-order chi connectivity index (χ0) is 40.0. The summed E-state index contributed by atoms with van der Waals surface area (Å²) in [5, 5.41) is 6.32. The highest BCUT2D eigenvalue weighted by Gasteiger charge is 2.43. The molecule has 298 valence electrons. The zero-order valence-electron chi connectivity index (χ0n) is 31.7. The molecule has 12 nitrogen and oxygen atoms in total. The maximum absolute atomic E-state index is 14.6. The lowest BCUT2D eigenvalue weighted by molar-refractivity contribution is -0.140. The highest BCUT2D eigenvalue weighted by atomic mass is 35.5. The molecule has 4 aromatic carbocycles. The van der Waals surface area contributed by atoms with Crippen molar-refractivity contribution in [2.45, 2.75) is 82.4 Å². The van der Waals surface area contributed by atoms with Crippen molar-refractivity contribution in [3.63, 3.8) is 0 Å². The van der Waals surface area contributed by atoms with Crippen LogP contribution < -0.4 is 16.4 Å². The molecule has 1 saturated heterocycles. The van der Waals surface area contributed by atoms with Gasteiger partial charge in [-0.1, -0.05) is 109 Å². The SMILES string of the molecule is NCCCCC[C@H](NC(=O)[C@@H]1C[C@@H](OCc2ccc(Cl)cc2)CN1C(=O)[C@@H](CCc1ccccc1)NC(=O)OCc1ccccc1)C(=O)c1nc2ccccc2o1. The molecule has 3 amide bonds. The van der Waals surface area contributed by atoms with Gasteiger partial charge < -0.3 is 35.2 Å². The van der Waals surface area contributed by atoms with Gasteiger partial charge in [0.25, 0.3) is 5.89 Å². The van der Waals surface area contributed by atoms with Gasteiger partial charge in [0.1, 0.15) is 24.2 Å². The number of carbonyl (C=O) groups is 4. The van der Waals surface area contributed by atoms with Crippen LogP contribution in [0.4, 0.5) is 4.79 Å². The van der Waals surface area contributed by atoms with Crippen LogP contribution in [0.25, 0.3) is 11.1 Å². The third kappa shape index (κ3) is 11.7. The van der Waals surface area contributed by atoms with E-state index in [9.17, 15) is 19.2 Å². The standard InChI is InChI=1S/C44H48ClN5O7/c45-33-22-19-32(20-23-33)28-55-34-26-38(41(52)47-36(17-8-3-11-25-46)40(51)42-48-35-16-9-10-18-39(35)57-42)50(27-34)43(53)37(24-21-30-12-4-1-5-13-30)49-44(54)56-29-31-14-6-2-7-15-31/h1-2,4-7,9-10,12-16,18-20,22-23,34,36-38H,3,8,11,17,21,24-29,46H2,(H,47,52)(H,49,54)/t34-,36+,37-,38+/m1/s1. The van der Waals surface area contributed by atoms with E-state index in [1.165, 1.54) is 4.90 Å². The van der Waals surface area contributed by atoms with Crippen LogP contribution in [0.2, 0.25) is 5.02 Å². The summed E-state index contributed by atoms with van der Waals surface area (Å²) in [5.41, 5.74) is 9.35. The number of carbonyl (C=O) groups excluding carboxylic acids is 4. The molecular weight excluding hydrogens is 746 g/mol. The number of halogens is 1. The fourth-order valence-electron chi connectivity index (χ4n) is 6.86. The number of ether oxygens (including phenoxy) is 2. The number of amides is 3. The molecule has 6 rings (SSSR count). The number of hydrogen-bond acceptors (Lipinski definition) is 9. The molecule has 4 atom stereocenters. The Hall–Kier alpha value is -5.56. The van der Waals surface area contributed by atoms with Gasteiger partial charge in [0.2, 0.25) is 17.6 Å². The predicted octanol–water partition coefficient (Wildman–Crippen LogP) is 6.78. The van der Waals surface area contributed by atoms with Crippen molar-refractivity contribution in [3.8, 4) is 0 Å². The lowest BCUT2D eigenvalue weighted by Gasteiger charge is -2.29. The molecule has 1 fully saturated rings. The molecule has 0 spiro atoms. The largest absolute Gasteiger partial charge is 0.445 e. The number of aromatic nitrogens is 1. The Morgan fingerprint density at radius 1 is 0.789 bits per heavy atom. The Morgan fingerprint density at radius 3 is 2.19 bits per heavy atom. The first-order chi connectivity index (χ1) is 27.8. The summed E-state index contributed by atoms with van der Waals surface area (Å²) >= 11 is 6.09. The molecule has 57 heavy (non-hydrogen) atoms. The van der Waals surface area contributed by atoms with Crippen LogP contribution in [0, 0.1) is 0 Å². The van der Waals surface area contributed by atoms with E-state index in [0.717, 1.165) is 29.5 Å². The fourth-order valence-corrected chi connectivity index (χ4v) is 6.98. The number of fused-ring (bicyclic) bond motifs is 1. The zero-order valence-corrected chi connectivity index (χ0v) is 32.4. The third-order valence-corrected chi connectivity index (χ3v) is 10.2. The van der Waals surface area contributed by atoms with E-state index in [2.05, 4.69) is 15.6 Å². The number of Topliss-reactive ketones (excluding diaryl/α,β-unsaturated/α-hetero) is 1. The van der Waals surface area contributed by atoms with Crippen molar-refractivity contribution in [2.24, 2.45) is 5.73 Å². The maximum Gasteiger partial charge on any atom is 0.408 e. The molecule has 1 aliphatic heterocycles. The Balaban J connectivity index is 1.23. The van der Waals surface area contributed by atoms with Crippen LogP contribution in [-0.4, -0.2) is 70.9 Å². The van der Waals surface area contributed by atoms with Crippen LogP contribution in [0.15, 0.2) is 114 Å². The van der Waals surface area contributed by atoms with Crippen LogP contribution in [0.1, 0.15) is 65.9 Å². The van der Waals surface area contributed by atoms with Gasteiger partial charge in [0, 0.05) is 18.0 Å². The minimum atomic E-state index is -1.03. The monoisotopic (exact) mass is 793 g/mol. The second-order valence-corrected chi connectivity index (χ2v) is 14.6. The number of likely N-dealkylation sites (tertiary alicyclic amines) is 1. The van der Waals surface area contributed by atoms with Crippen molar-refractivity contribution in [1.29, 1.82) is 0 Å². The fraction of sp³-hybridized carbons (Fsp3) is 0.341. The molecule has 0 unspecified atom stereocenters. The summed E-state index contributed by atoms with van der Waals surface area (Å²) in [7, 11) is 0. The smallest absolute Gasteiger partial charge is 0.408 e. The Kier molecular flexibility index (Phi) is 14.8. The van der Waals surface area contributed by atoms with E-state index in [1.54, 1.807) is 36.4 Å². The van der Waals surface area contributed by atoms with Gasteiger partial charge in [0.05, 0.1) is 18.8 Å². The molecule has 1 aromatic heterocycles. The minimum Gasteiger partial charge on any atom is -0.445 e. The van der Waals surface area contributed by atoms with Gasteiger partial charge in [-0.2, -0.15) is 0 Å². The van der Waals surface area contributed by atoms with E-state index in [-0.39, 0.29) is 38.5 Å².